The highest BCUT2D eigenvalue weighted by molar-refractivity contribution is 7.10. The lowest BCUT2D eigenvalue weighted by Gasteiger charge is -2.05. The van der Waals surface area contributed by atoms with Gasteiger partial charge >= 0.3 is 0 Å². The van der Waals surface area contributed by atoms with Gasteiger partial charge in [0, 0.05) is 18.0 Å². The van der Waals surface area contributed by atoms with Gasteiger partial charge in [-0.2, -0.15) is 5.26 Å². The summed E-state index contributed by atoms with van der Waals surface area (Å²) in [5.41, 5.74) is 1.42. The zero-order chi connectivity index (χ0) is 10.4. The Labute approximate surface area is 89.6 Å². The van der Waals surface area contributed by atoms with Crippen molar-refractivity contribution in [3.63, 3.8) is 0 Å². The Hall–Kier alpha value is -0.850. The summed E-state index contributed by atoms with van der Waals surface area (Å²) in [6, 6.07) is 4.39. The van der Waals surface area contributed by atoms with Gasteiger partial charge < -0.3 is 5.32 Å². The predicted molar refractivity (Wildman–Crippen MR) is 60.2 cm³/mol. The van der Waals surface area contributed by atoms with E-state index in [4.69, 9.17) is 5.26 Å². The van der Waals surface area contributed by atoms with Crippen molar-refractivity contribution in [2.24, 2.45) is 5.92 Å². The van der Waals surface area contributed by atoms with Gasteiger partial charge in [-0.15, -0.1) is 11.3 Å². The van der Waals surface area contributed by atoms with E-state index in [9.17, 15) is 0 Å². The van der Waals surface area contributed by atoms with Crippen molar-refractivity contribution in [3.05, 3.63) is 21.9 Å². The predicted octanol–water partition coefficient (Wildman–Crippen LogP) is 2.56. The molecule has 1 atom stereocenters. The first-order valence-electron chi connectivity index (χ1n) is 4.93. The summed E-state index contributed by atoms with van der Waals surface area (Å²) in [4.78, 5) is 1.40. The van der Waals surface area contributed by atoms with Crippen LogP contribution in [0.2, 0.25) is 0 Å². The number of nitriles is 1. The Balaban J connectivity index is 2.35. The highest BCUT2D eigenvalue weighted by atomic mass is 32.1. The molecular formula is C11H16N2S. The summed E-state index contributed by atoms with van der Waals surface area (Å²) in [6.07, 6.45) is 1.09. The van der Waals surface area contributed by atoms with Gasteiger partial charge in [-0.25, -0.2) is 0 Å². The van der Waals surface area contributed by atoms with E-state index >= 15 is 0 Å². The number of thiophene rings is 1. The van der Waals surface area contributed by atoms with Gasteiger partial charge in [-0.1, -0.05) is 6.92 Å². The smallest absolute Gasteiger partial charge is 0.0666 e. The van der Waals surface area contributed by atoms with Crippen LogP contribution in [-0.4, -0.2) is 6.54 Å². The van der Waals surface area contributed by atoms with Crippen molar-refractivity contribution in [1.29, 1.82) is 5.26 Å². The molecule has 2 nitrogen and oxygen atoms in total. The molecule has 1 aromatic rings. The molecule has 1 aromatic heterocycles. The first-order chi connectivity index (χ1) is 6.77. The molecule has 1 heterocycles. The molecule has 0 saturated heterocycles. The fourth-order valence-electron chi connectivity index (χ4n) is 1.28. The van der Waals surface area contributed by atoms with Gasteiger partial charge in [0.1, 0.15) is 0 Å². The van der Waals surface area contributed by atoms with Crippen LogP contribution in [0.25, 0.3) is 0 Å². The van der Waals surface area contributed by atoms with Crippen LogP contribution in [0.3, 0.4) is 0 Å². The quantitative estimate of drug-likeness (QED) is 0.807. The average Bonchev–Trinajstić information content (AvgIpc) is 2.65. The third kappa shape index (κ3) is 3.13. The summed E-state index contributed by atoms with van der Waals surface area (Å²) >= 11 is 1.79. The fourth-order valence-corrected chi connectivity index (χ4v) is 2.23. The second-order valence-electron chi connectivity index (χ2n) is 3.38. The molecule has 0 fully saturated rings. The van der Waals surface area contributed by atoms with Crippen molar-refractivity contribution in [3.8, 4) is 6.07 Å². The molecule has 3 heteroatoms. The highest BCUT2D eigenvalue weighted by Crippen LogP contribution is 2.16. The van der Waals surface area contributed by atoms with E-state index in [1.807, 2.05) is 6.92 Å². The van der Waals surface area contributed by atoms with Gasteiger partial charge in [0.2, 0.25) is 0 Å². The molecule has 1 N–H and O–H groups in total. The second kappa shape index (κ2) is 5.79. The first kappa shape index (κ1) is 11.2. The lowest BCUT2D eigenvalue weighted by Crippen LogP contribution is -2.19. The molecule has 14 heavy (non-hydrogen) atoms. The molecule has 1 unspecified atom stereocenters. The first-order valence-corrected chi connectivity index (χ1v) is 5.81. The summed E-state index contributed by atoms with van der Waals surface area (Å²) in [6.45, 7) is 5.77. The monoisotopic (exact) mass is 208 g/mol. The Morgan fingerprint density at radius 1 is 1.64 bits per heavy atom. The van der Waals surface area contributed by atoms with Crippen molar-refractivity contribution in [2.75, 3.05) is 6.54 Å². The average molecular weight is 208 g/mol. The molecule has 0 bridgehead atoms. The van der Waals surface area contributed by atoms with Crippen molar-refractivity contribution >= 4 is 11.3 Å². The molecular weight excluding hydrogens is 192 g/mol. The van der Waals surface area contributed by atoms with Crippen LogP contribution in [-0.2, 0) is 13.0 Å². The number of hydrogen-bond acceptors (Lipinski definition) is 3. The normalized spacial score (nSPS) is 12.4. The van der Waals surface area contributed by atoms with Gasteiger partial charge in [0.05, 0.1) is 12.0 Å². The van der Waals surface area contributed by atoms with Gasteiger partial charge in [-0.05, 0) is 30.4 Å². The molecule has 0 aliphatic carbocycles. The summed E-state index contributed by atoms with van der Waals surface area (Å²) in [5, 5.41) is 14.0. The molecule has 0 aliphatic heterocycles. The molecule has 0 amide bonds. The van der Waals surface area contributed by atoms with Crippen LogP contribution in [0.5, 0.6) is 0 Å². The Kier molecular flexibility index (Phi) is 4.64. The van der Waals surface area contributed by atoms with E-state index in [-0.39, 0.29) is 5.92 Å². The van der Waals surface area contributed by atoms with Crippen molar-refractivity contribution < 1.29 is 0 Å². The Morgan fingerprint density at radius 3 is 3.07 bits per heavy atom. The van der Waals surface area contributed by atoms with Crippen molar-refractivity contribution in [2.45, 2.75) is 26.8 Å². The standard InChI is InChI=1S/C11H16N2S/c1-3-10-4-5-14-11(10)8-13-7-9(2)6-12/h4-5,9,13H,3,7-8H2,1-2H3. The minimum absolute atomic E-state index is 0.0973. The van der Waals surface area contributed by atoms with Crippen LogP contribution < -0.4 is 5.32 Å². The zero-order valence-corrected chi connectivity index (χ0v) is 9.53. The number of hydrogen-bond donors (Lipinski definition) is 1. The maximum Gasteiger partial charge on any atom is 0.0666 e. The van der Waals surface area contributed by atoms with E-state index in [0.29, 0.717) is 0 Å². The molecule has 0 radical (unpaired) electrons. The number of nitrogens with zero attached hydrogens (tertiary/aromatic N) is 1. The number of aryl methyl sites for hydroxylation is 1. The SMILES string of the molecule is CCc1ccsc1CNCC(C)C#N. The molecule has 0 aliphatic rings. The minimum Gasteiger partial charge on any atom is -0.311 e. The van der Waals surface area contributed by atoms with E-state index < -0.39 is 0 Å². The summed E-state index contributed by atoms with van der Waals surface area (Å²) in [5.74, 6) is 0.0973. The lowest BCUT2D eigenvalue weighted by molar-refractivity contribution is 0.603. The van der Waals surface area contributed by atoms with E-state index in [2.05, 4.69) is 29.8 Å². The number of nitrogens with one attached hydrogen (secondary N) is 1. The largest absolute Gasteiger partial charge is 0.311 e. The maximum absolute atomic E-state index is 8.61. The fraction of sp³-hybridized carbons (Fsp3) is 0.545. The van der Waals surface area contributed by atoms with Crippen LogP contribution in [0.1, 0.15) is 24.3 Å². The molecule has 1 rings (SSSR count). The van der Waals surface area contributed by atoms with E-state index in [0.717, 1.165) is 19.5 Å². The zero-order valence-electron chi connectivity index (χ0n) is 8.71. The number of rotatable bonds is 5. The van der Waals surface area contributed by atoms with Crippen LogP contribution >= 0.6 is 11.3 Å². The van der Waals surface area contributed by atoms with Crippen molar-refractivity contribution in [1.82, 2.24) is 5.32 Å². The van der Waals surface area contributed by atoms with Crippen LogP contribution in [0, 0.1) is 17.2 Å². The third-order valence-corrected chi connectivity index (χ3v) is 3.14. The Morgan fingerprint density at radius 2 is 2.43 bits per heavy atom. The third-order valence-electron chi connectivity index (χ3n) is 2.18. The second-order valence-corrected chi connectivity index (χ2v) is 4.38. The van der Waals surface area contributed by atoms with E-state index in [1.165, 1.54) is 10.4 Å². The molecule has 0 saturated carbocycles. The summed E-state index contributed by atoms with van der Waals surface area (Å²) in [7, 11) is 0. The molecule has 76 valence electrons. The minimum atomic E-state index is 0.0973. The summed E-state index contributed by atoms with van der Waals surface area (Å²) < 4.78 is 0. The van der Waals surface area contributed by atoms with E-state index in [1.54, 1.807) is 11.3 Å². The van der Waals surface area contributed by atoms with Gasteiger partial charge in [0.15, 0.2) is 0 Å². The molecule has 0 aromatic carbocycles. The highest BCUT2D eigenvalue weighted by Gasteiger charge is 2.03. The van der Waals surface area contributed by atoms with Crippen LogP contribution in [0.4, 0.5) is 0 Å². The molecule has 0 spiro atoms. The van der Waals surface area contributed by atoms with Crippen LogP contribution in [0.15, 0.2) is 11.4 Å². The Bertz CT molecular complexity index is 311. The van der Waals surface area contributed by atoms with Gasteiger partial charge in [-0.3, -0.25) is 0 Å². The topological polar surface area (TPSA) is 35.8 Å². The van der Waals surface area contributed by atoms with Gasteiger partial charge in [0.25, 0.3) is 0 Å². The maximum atomic E-state index is 8.61. The lowest BCUT2D eigenvalue weighted by atomic mass is 10.2.